The molecule has 0 amide bonds. The molecule has 0 spiro atoms. The van der Waals surface area contributed by atoms with E-state index in [1.807, 2.05) is 0 Å². The van der Waals surface area contributed by atoms with Crippen LogP contribution >= 0.6 is 7.37 Å². The van der Waals surface area contributed by atoms with E-state index in [0.717, 1.165) is 32.1 Å². The Morgan fingerprint density at radius 1 is 1.09 bits per heavy atom. The number of aryl methyl sites for hydroxylation is 1. The molecule has 126 valence electrons. The topological polar surface area (TPSA) is 37.3 Å². The van der Waals surface area contributed by atoms with Crippen molar-refractivity contribution in [3.05, 3.63) is 48.0 Å². The van der Waals surface area contributed by atoms with Crippen LogP contribution in [-0.4, -0.2) is 17.2 Å². The van der Waals surface area contributed by atoms with Crippen LogP contribution in [0.25, 0.3) is 10.8 Å². The molecule has 2 rings (SSSR count). The molecule has 1 N–H and O–H groups in total. The molecule has 0 aliphatic rings. The highest BCUT2D eigenvalue weighted by molar-refractivity contribution is 7.57. The molecule has 0 heterocycles. The first-order chi connectivity index (χ1) is 11.0. The molecule has 0 aliphatic carbocycles. The van der Waals surface area contributed by atoms with Gasteiger partial charge >= 0.3 is 0 Å². The van der Waals surface area contributed by atoms with Crippen molar-refractivity contribution >= 4 is 18.1 Å². The van der Waals surface area contributed by atoms with E-state index in [1.165, 1.54) is 16.3 Å². The number of fused-ring (bicyclic) bond motifs is 1. The lowest BCUT2D eigenvalue weighted by Gasteiger charge is -2.16. The Balaban J connectivity index is 1.84. The van der Waals surface area contributed by atoms with Gasteiger partial charge < -0.3 is 4.89 Å². The fourth-order valence-corrected chi connectivity index (χ4v) is 5.40. The maximum atomic E-state index is 12.3. The Kier molecular flexibility index (Phi) is 6.87. The van der Waals surface area contributed by atoms with Crippen LogP contribution in [0.3, 0.4) is 0 Å². The monoisotopic (exact) mass is 332 g/mol. The maximum Gasteiger partial charge on any atom is 0.200 e. The predicted molar refractivity (Wildman–Crippen MR) is 101 cm³/mol. The van der Waals surface area contributed by atoms with Crippen LogP contribution in [0.5, 0.6) is 0 Å². The van der Waals surface area contributed by atoms with Gasteiger partial charge in [-0.2, -0.15) is 0 Å². The summed E-state index contributed by atoms with van der Waals surface area (Å²) in [6.45, 7) is 4.21. The largest absolute Gasteiger partial charge is 0.344 e. The first-order valence-electron chi connectivity index (χ1n) is 8.79. The second-order valence-corrected chi connectivity index (χ2v) is 9.25. The number of hydrogen-bond donors (Lipinski definition) is 1. The number of unbranched alkanes of at least 4 members (excludes halogenated alkanes) is 1. The average Bonchev–Trinajstić information content (AvgIpc) is 2.51. The smallest absolute Gasteiger partial charge is 0.200 e. The van der Waals surface area contributed by atoms with Gasteiger partial charge in [-0.1, -0.05) is 69.2 Å². The van der Waals surface area contributed by atoms with Crippen LogP contribution in [0.4, 0.5) is 0 Å². The highest BCUT2D eigenvalue weighted by Gasteiger charge is 2.20. The lowest BCUT2D eigenvalue weighted by molar-refractivity contribution is 0.455. The van der Waals surface area contributed by atoms with Crippen molar-refractivity contribution in [1.29, 1.82) is 0 Å². The molecule has 0 radical (unpaired) electrons. The van der Waals surface area contributed by atoms with Gasteiger partial charge in [0.25, 0.3) is 0 Å². The van der Waals surface area contributed by atoms with Crippen molar-refractivity contribution in [2.24, 2.45) is 5.92 Å². The first kappa shape index (κ1) is 18.2. The van der Waals surface area contributed by atoms with Gasteiger partial charge in [-0.05, 0) is 41.5 Å². The Bertz CT molecular complexity index is 660. The highest BCUT2D eigenvalue weighted by atomic mass is 31.2. The van der Waals surface area contributed by atoms with Gasteiger partial charge in [0.15, 0.2) is 0 Å². The zero-order valence-electron chi connectivity index (χ0n) is 14.4. The lowest BCUT2D eigenvalue weighted by Crippen LogP contribution is -2.05. The van der Waals surface area contributed by atoms with E-state index in [0.29, 0.717) is 18.2 Å². The third-order valence-electron chi connectivity index (χ3n) is 4.46. The third-order valence-corrected chi connectivity index (χ3v) is 6.67. The number of benzene rings is 2. The van der Waals surface area contributed by atoms with E-state index in [9.17, 15) is 9.46 Å². The van der Waals surface area contributed by atoms with Gasteiger partial charge in [0.2, 0.25) is 7.37 Å². The van der Waals surface area contributed by atoms with E-state index in [1.54, 1.807) is 0 Å². The van der Waals surface area contributed by atoms with Crippen LogP contribution in [0.1, 0.15) is 45.1 Å². The SMILES string of the molecule is CCCC(C)CP(=O)(O)CCCCc1cccc2ccccc12. The lowest BCUT2D eigenvalue weighted by atomic mass is 10.0. The third kappa shape index (κ3) is 5.79. The standard InChI is InChI=1S/C20H29O2P/c1-3-9-17(2)16-23(21,22)15-7-6-11-19-13-8-12-18-10-4-5-14-20(18)19/h4-5,8,10,12-14,17H,3,6-7,9,11,15-16H2,1-2H3,(H,21,22). The van der Waals surface area contributed by atoms with Gasteiger partial charge in [-0.25, -0.2) is 0 Å². The molecule has 23 heavy (non-hydrogen) atoms. The van der Waals surface area contributed by atoms with Crippen LogP contribution in [-0.2, 0) is 11.0 Å². The summed E-state index contributed by atoms with van der Waals surface area (Å²) in [7, 11) is -2.95. The second kappa shape index (κ2) is 8.66. The minimum absolute atomic E-state index is 0.355. The summed E-state index contributed by atoms with van der Waals surface area (Å²) in [4.78, 5) is 10.1. The fraction of sp³-hybridized carbons (Fsp3) is 0.500. The molecule has 2 nitrogen and oxygen atoms in total. The zero-order chi connectivity index (χ0) is 16.7. The molecule has 0 aromatic heterocycles. The molecule has 2 aromatic carbocycles. The summed E-state index contributed by atoms with van der Waals surface area (Å²) >= 11 is 0. The van der Waals surface area contributed by atoms with E-state index in [-0.39, 0.29) is 0 Å². The zero-order valence-corrected chi connectivity index (χ0v) is 15.3. The van der Waals surface area contributed by atoms with Crippen molar-refractivity contribution in [1.82, 2.24) is 0 Å². The van der Waals surface area contributed by atoms with Crippen LogP contribution in [0, 0.1) is 5.92 Å². The molecular formula is C20H29O2P. The molecule has 0 fully saturated rings. The summed E-state index contributed by atoms with van der Waals surface area (Å²) in [5.41, 5.74) is 1.34. The average molecular weight is 332 g/mol. The Labute approximate surface area is 140 Å². The molecule has 0 saturated heterocycles. The van der Waals surface area contributed by atoms with E-state index in [4.69, 9.17) is 0 Å². The number of hydrogen-bond acceptors (Lipinski definition) is 1. The first-order valence-corrected chi connectivity index (χ1v) is 10.8. The molecule has 2 aromatic rings. The Morgan fingerprint density at radius 2 is 1.83 bits per heavy atom. The van der Waals surface area contributed by atoms with Gasteiger partial charge in [0.05, 0.1) is 0 Å². The van der Waals surface area contributed by atoms with Gasteiger partial charge in [-0.15, -0.1) is 0 Å². The summed E-state index contributed by atoms with van der Waals surface area (Å²) in [5.74, 6) is 0.355. The molecule has 0 aliphatic heterocycles. The Morgan fingerprint density at radius 3 is 2.61 bits per heavy atom. The van der Waals surface area contributed by atoms with E-state index >= 15 is 0 Å². The van der Waals surface area contributed by atoms with Gasteiger partial charge in [0.1, 0.15) is 0 Å². The molecule has 3 heteroatoms. The van der Waals surface area contributed by atoms with E-state index in [2.05, 4.69) is 56.3 Å². The summed E-state index contributed by atoms with van der Waals surface area (Å²) in [5, 5.41) is 2.57. The normalized spacial score (nSPS) is 15.4. The van der Waals surface area contributed by atoms with Crippen LogP contribution < -0.4 is 0 Å². The fourth-order valence-electron chi connectivity index (χ4n) is 3.35. The summed E-state index contributed by atoms with van der Waals surface area (Å²) in [6, 6.07) is 14.8. The minimum Gasteiger partial charge on any atom is -0.344 e. The van der Waals surface area contributed by atoms with Crippen molar-refractivity contribution in [2.45, 2.75) is 46.0 Å². The Hall–Kier alpha value is -1.11. The molecule has 2 atom stereocenters. The number of rotatable bonds is 9. The predicted octanol–water partition coefficient (Wildman–Crippen LogP) is 5.87. The quantitative estimate of drug-likeness (QED) is 0.460. The molecule has 0 saturated carbocycles. The van der Waals surface area contributed by atoms with Crippen molar-refractivity contribution < 1.29 is 9.46 Å². The minimum atomic E-state index is -2.95. The molecular weight excluding hydrogens is 303 g/mol. The second-order valence-electron chi connectivity index (χ2n) is 6.74. The molecule has 2 unspecified atom stereocenters. The van der Waals surface area contributed by atoms with Crippen molar-refractivity contribution in [3.8, 4) is 0 Å². The van der Waals surface area contributed by atoms with Crippen molar-refractivity contribution in [2.75, 3.05) is 12.3 Å². The van der Waals surface area contributed by atoms with Crippen LogP contribution in [0.15, 0.2) is 42.5 Å². The summed E-state index contributed by atoms with van der Waals surface area (Å²) in [6.07, 6.45) is 5.85. The van der Waals surface area contributed by atoms with Gasteiger partial charge in [-0.3, -0.25) is 4.57 Å². The van der Waals surface area contributed by atoms with Crippen molar-refractivity contribution in [3.63, 3.8) is 0 Å². The van der Waals surface area contributed by atoms with Crippen LogP contribution in [0.2, 0.25) is 0 Å². The van der Waals surface area contributed by atoms with Gasteiger partial charge in [0, 0.05) is 12.3 Å². The van der Waals surface area contributed by atoms with E-state index < -0.39 is 7.37 Å². The maximum absolute atomic E-state index is 12.3. The highest BCUT2D eigenvalue weighted by Crippen LogP contribution is 2.44. The molecule has 0 bridgehead atoms. The summed E-state index contributed by atoms with van der Waals surface area (Å²) < 4.78 is 12.3.